The average molecular weight is 569 g/mol. The highest BCUT2D eigenvalue weighted by Gasteiger charge is 2.66. The van der Waals surface area contributed by atoms with Crippen molar-refractivity contribution in [2.45, 2.75) is 17.4 Å². The van der Waals surface area contributed by atoms with Gasteiger partial charge < -0.3 is 19.6 Å². The summed E-state index contributed by atoms with van der Waals surface area (Å²) >= 11 is 0. The molecule has 0 saturated carbocycles. The van der Waals surface area contributed by atoms with Crippen molar-refractivity contribution in [3.63, 3.8) is 0 Å². The van der Waals surface area contributed by atoms with Gasteiger partial charge in [0.25, 0.3) is 17.6 Å². The fourth-order valence-corrected chi connectivity index (χ4v) is 6.59. The SMILES string of the molecule is CCN1C(=O)[C@@]2(C(=C(O)c3ccc(S(=O)(=O)N(C)C)cc3)C(=O)C(=O)N2CCN2CCOCC2)c2ccccc21. The van der Waals surface area contributed by atoms with Gasteiger partial charge in [-0.1, -0.05) is 18.2 Å². The van der Waals surface area contributed by atoms with Crippen LogP contribution in [0.4, 0.5) is 5.69 Å². The zero-order valence-electron chi connectivity index (χ0n) is 22.7. The molecule has 0 bridgehead atoms. The molecule has 0 radical (unpaired) electrons. The zero-order valence-corrected chi connectivity index (χ0v) is 23.5. The van der Waals surface area contributed by atoms with Gasteiger partial charge in [0.2, 0.25) is 10.0 Å². The Bertz CT molecular complexity index is 1500. The Kier molecular flexibility index (Phi) is 7.29. The van der Waals surface area contributed by atoms with Gasteiger partial charge in [-0.3, -0.25) is 19.3 Å². The van der Waals surface area contributed by atoms with E-state index in [1.807, 2.05) is 0 Å². The molecule has 0 aliphatic carbocycles. The lowest BCUT2D eigenvalue weighted by molar-refractivity contribution is -0.144. The molecule has 5 rings (SSSR count). The molecule has 11 nitrogen and oxygen atoms in total. The molecule has 1 spiro atoms. The summed E-state index contributed by atoms with van der Waals surface area (Å²) in [6, 6.07) is 12.3. The number of benzene rings is 2. The van der Waals surface area contributed by atoms with Crippen LogP contribution in [0.3, 0.4) is 0 Å². The number of hydrogen-bond donors (Lipinski definition) is 1. The minimum Gasteiger partial charge on any atom is -0.507 e. The fraction of sp³-hybridized carbons (Fsp3) is 0.393. The third-order valence-corrected chi connectivity index (χ3v) is 9.60. The van der Waals surface area contributed by atoms with Gasteiger partial charge in [0, 0.05) is 57.9 Å². The van der Waals surface area contributed by atoms with Crippen molar-refractivity contribution in [2.75, 3.05) is 64.9 Å². The minimum atomic E-state index is -3.73. The first-order valence-corrected chi connectivity index (χ1v) is 14.5. The van der Waals surface area contributed by atoms with E-state index in [0.29, 0.717) is 50.6 Å². The van der Waals surface area contributed by atoms with Crippen LogP contribution in [0.25, 0.3) is 5.76 Å². The van der Waals surface area contributed by atoms with Gasteiger partial charge in [-0.15, -0.1) is 0 Å². The van der Waals surface area contributed by atoms with Gasteiger partial charge in [-0.05, 0) is 37.3 Å². The molecule has 3 aliphatic heterocycles. The summed E-state index contributed by atoms with van der Waals surface area (Å²) in [4.78, 5) is 46.5. The van der Waals surface area contributed by atoms with Crippen LogP contribution in [0, 0.1) is 0 Å². The van der Waals surface area contributed by atoms with Crippen LogP contribution < -0.4 is 4.90 Å². The van der Waals surface area contributed by atoms with E-state index in [0.717, 1.165) is 4.31 Å². The first-order valence-electron chi connectivity index (χ1n) is 13.1. The van der Waals surface area contributed by atoms with Crippen molar-refractivity contribution in [1.29, 1.82) is 0 Å². The number of amides is 2. The molecule has 212 valence electrons. The van der Waals surface area contributed by atoms with Gasteiger partial charge in [0.05, 0.1) is 29.4 Å². The summed E-state index contributed by atoms with van der Waals surface area (Å²) in [6.45, 7) is 5.01. The Morgan fingerprint density at radius 2 is 1.65 bits per heavy atom. The first-order chi connectivity index (χ1) is 19.1. The van der Waals surface area contributed by atoms with Crippen LogP contribution in [-0.4, -0.2) is 105 Å². The number of rotatable bonds is 7. The molecule has 1 N–H and O–H groups in total. The van der Waals surface area contributed by atoms with E-state index in [-0.39, 0.29) is 22.6 Å². The van der Waals surface area contributed by atoms with Crippen LogP contribution >= 0.6 is 0 Å². The number of ether oxygens (including phenoxy) is 1. The predicted molar refractivity (Wildman–Crippen MR) is 147 cm³/mol. The lowest BCUT2D eigenvalue weighted by Gasteiger charge is -2.36. The lowest BCUT2D eigenvalue weighted by Crippen LogP contribution is -2.54. The third kappa shape index (κ3) is 4.14. The Labute approximate surface area is 233 Å². The number of sulfonamides is 1. The normalized spacial score (nSPS) is 23.1. The summed E-state index contributed by atoms with van der Waals surface area (Å²) in [5, 5.41) is 11.6. The van der Waals surface area contributed by atoms with Gasteiger partial charge in [-0.2, -0.15) is 0 Å². The number of likely N-dealkylation sites (N-methyl/N-ethyl adjacent to an activating group) is 1. The van der Waals surface area contributed by atoms with Crippen LogP contribution in [0.1, 0.15) is 18.1 Å². The smallest absolute Gasteiger partial charge is 0.296 e. The number of nitrogens with zero attached hydrogens (tertiary/aromatic N) is 4. The van der Waals surface area contributed by atoms with E-state index < -0.39 is 38.9 Å². The summed E-state index contributed by atoms with van der Waals surface area (Å²) in [7, 11) is -0.922. The highest BCUT2D eigenvalue weighted by molar-refractivity contribution is 7.89. The van der Waals surface area contributed by atoms with Crippen LogP contribution in [0.5, 0.6) is 0 Å². The number of carbonyl (C=O) groups is 3. The quantitative estimate of drug-likeness (QED) is 0.300. The highest BCUT2D eigenvalue weighted by Crippen LogP contribution is 2.53. The summed E-state index contributed by atoms with van der Waals surface area (Å²) < 4.78 is 31.6. The van der Waals surface area contributed by atoms with Crippen molar-refractivity contribution < 1.29 is 32.6 Å². The average Bonchev–Trinajstić information content (AvgIpc) is 3.34. The van der Waals surface area contributed by atoms with Crippen LogP contribution in [0.15, 0.2) is 59.0 Å². The maximum absolute atomic E-state index is 14.3. The third-order valence-electron chi connectivity index (χ3n) is 7.78. The van der Waals surface area contributed by atoms with Gasteiger partial charge in [0.1, 0.15) is 5.76 Å². The molecule has 40 heavy (non-hydrogen) atoms. The largest absolute Gasteiger partial charge is 0.507 e. The Morgan fingerprint density at radius 3 is 2.27 bits per heavy atom. The predicted octanol–water partition coefficient (Wildman–Crippen LogP) is 1.21. The number of anilines is 1. The summed E-state index contributed by atoms with van der Waals surface area (Å²) in [5.74, 6) is -2.87. The lowest BCUT2D eigenvalue weighted by atomic mass is 9.82. The number of para-hydroxylation sites is 1. The van der Waals surface area contributed by atoms with Crippen LogP contribution in [0.2, 0.25) is 0 Å². The zero-order chi connectivity index (χ0) is 28.8. The van der Waals surface area contributed by atoms with E-state index in [9.17, 15) is 27.9 Å². The van der Waals surface area contributed by atoms with Crippen molar-refractivity contribution >= 4 is 39.1 Å². The molecule has 1 atom stereocenters. The van der Waals surface area contributed by atoms with E-state index in [4.69, 9.17) is 4.74 Å². The highest BCUT2D eigenvalue weighted by atomic mass is 32.2. The topological polar surface area (TPSA) is 128 Å². The monoisotopic (exact) mass is 568 g/mol. The second kappa shape index (κ2) is 10.4. The van der Waals surface area contributed by atoms with E-state index in [1.54, 1.807) is 31.2 Å². The Hall–Kier alpha value is -3.58. The van der Waals surface area contributed by atoms with Gasteiger partial charge in [0.15, 0.2) is 5.54 Å². The number of aliphatic hydroxyl groups excluding tert-OH is 1. The van der Waals surface area contributed by atoms with Gasteiger partial charge >= 0.3 is 0 Å². The van der Waals surface area contributed by atoms with Crippen molar-refractivity contribution in [3.8, 4) is 0 Å². The van der Waals surface area contributed by atoms with Crippen molar-refractivity contribution in [2.24, 2.45) is 0 Å². The second-order valence-electron chi connectivity index (χ2n) is 10.1. The summed E-state index contributed by atoms with van der Waals surface area (Å²) in [6.07, 6.45) is 0. The van der Waals surface area contributed by atoms with Gasteiger partial charge in [-0.25, -0.2) is 12.7 Å². The standard InChI is InChI=1S/C28H32N4O7S/c1-4-31-22-8-6-5-7-21(22)28(27(31)36)23(24(33)19-9-11-20(12-10-19)40(37,38)29(2)3)25(34)26(35)32(28)14-13-30-15-17-39-18-16-30/h5-12,33H,4,13-18H2,1-3H3/t28-/m0/s1. The number of carbonyl (C=O) groups excluding carboxylic acids is 3. The number of ketones is 1. The molecule has 2 saturated heterocycles. The summed E-state index contributed by atoms with van der Waals surface area (Å²) in [5.41, 5.74) is -1.06. The van der Waals surface area contributed by atoms with Crippen molar-refractivity contribution in [3.05, 3.63) is 65.2 Å². The molecular formula is C28H32N4O7S. The molecule has 0 unspecified atom stereocenters. The van der Waals surface area contributed by atoms with Crippen LogP contribution in [-0.2, 0) is 34.7 Å². The minimum absolute atomic E-state index is 0.00540. The Morgan fingerprint density at radius 1 is 1.00 bits per heavy atom. The molecule has 0 aromatic heterocycles. The van der Waals surface area contributed by atoms with E-state index in [2.05, 4.69) is 4.90 Å². The Balaban J connectivity index is 1.68. The number of morpholine rings is 1. The first kappa shape index (κ1) is 28.0. The molecule has 2 aromatic carbocycles. The van der Waals surface area contributed by atoms with E-state index >= 15 is 0 Å². The fourth-order valence-electron chi connectivity index (χ4n) is 5.69. The molecule has 12 heteroatoms. The maximum Gasteiger partial charge on any atom is 0.296 e. The molecule has 2 fully saturated rings. The maximum atomic E-state index is 14.3. The molecule has 2 aromatic rings. The number of likely N-dealkylation sites (tertiary alicyclic amines) is 1. The van der Waals surface area contributed by atoms with Crippen molar-refractivity contribution in [1.82, 2.24) is 14.1 Å². The molecular weight excluding hydrogens is 536 g/mol. The number of Topliss-reactive ketones (excluding diaryl/α,β-unsaturated/α-hetero) is 1. The number of aliphatic hydroxyl groups is 1. The number of fused-ring (bicyclic) bond motifs is 2. The molecule has 3 aliphatic rings. The second-order valence-corrected chi connectivity index (χ2v) is 12.2. The molecule has 2 amide bonds. The number of hydrogen-bond acceptors (Lipinski definition) is 8. The molecule has 3 heterocycles. The van der Waals surface area contributed by atoms with E-state index in [1.165, 1.54) is 48.2 Å².